The molecule has 3 aromatic rings. The smallest absolute Gasteiger partial charge is 0.257 e. The van der Waals surface area contributed by atoms with Gasteiger partial charge in [0, 0.05) is 19.0 Å². The van der Waals surface area contributed by atoms with Crippen LogP contribution in [0.5, 0.6) is 5.75 Å². The molecule has 1 aromatic heterocycles. The van der Waals surface area contributed by atoms with E-state index in [0.717, 1.165) is 30.1 Å². The number of aromatic nitrogens is 2. The molecule has 2 aromatic carbocycles. The Kier molecular flexibility index (Phi) is 5.34. The second-order valence-corrected chi connectivity index (χ2v) is 7.26. The van der Waals surface area contributed by atoms with Crippen molar-refractivity contribution in [1.82, 2.24) is 14.7 Å². The first-order valence-electron chi connectivity index (χ1n) is 9.86. The average Bonchev–Trinajstić information content (AvgIpc) is 3.41. The molecule has 5 nitrogen and oxygen atoms in total. The van der Waals surface area contributed by atoms with Gasteiger partial charge in [-0.1, -0.05) is 19.1 Å². The predicted octanol–water partition coefficient (Wildman–Crippen LogP) is 4.21. The number of halogens is 1. The highest BCUT2D eigenvalue weighted by atomic mass is 19.1. The molecule has 0 bridgehead atoms. The fourth-order valence-corrected chi connectivity index (χ4v) is 3.96. The van der Waals surface area contributed by atoms with E-state index in [1.807, 2.05) is 24.0 Å². The average molecular weight is 393 g/mol. The van der Waals surface area contributed by atoms with Crippen molar-refractivity contribution in [3.05, 3.63) is 77.4 Å². The summed E-state index contributed by atoms with van der Waals surface area (Å²) in [4.78, 5) is 15.1. The van der Waals surface area contributed by atoms with Gasteiger partial charge < -0.3 is 9.64 Å². The quantitative estimate of drug-likeness (QED) is 0.652. The van der Waals surface area contributed by atoms with E-state index in [2.05, 4.69) is 17.2 Å². The molecule has 0 spiro atoms. The number of carbonyl (C=O) groups is 1. The van der Waals surface area contributed by atoms with E-state index in [0.29, 0.717) is 24.4 Å². The zero-order valence-corrected chi connectivity index (χ0v) is 16.6. The second kappa shape index (κ2) is 8.07. The van der Waals surface area contributed by atoms with Crippen molar-refractivity contribution in [2.75, 3.05) is 20.2 Å². The van der Waals surface area contributed by atoms with Crippen LogP contribution in [0.1, 0.15) is 40.9 Å². The molecule has 1 aliphatic heterocycles. The molecule has 0 saturated carbocycles. The van der Waals surface area contributed by atoms with Gasteiger partial charge >= 0.3 is 0 Å². The fourth-order valence-electron chi connectivity index (χ4n) is 3.96. The lowest BCUT2D eigenvalue weighted by atomic mass is 9.98. The van der Waals surface area contributed by atoms with E-state index in [-0.39, 0.29) is 11.7 Å². The van der Waals surface area contributed by atoms with Gasteiger partial charge in [-0.15, -0.1) is 0 Å². The van der Waals surface area contributed by atoms with Crippen LogP contribution >= 0.6 is 0 Å². The molecule has 0 aliphatic carbocycles. The Morgan fingerprint density at radius 2 is 1.90 bits per heavy atom. The van der Waals surface area contributed by atoms with Gasteiger partial charge in [-0.2, -0.15) is 5.10 Å². The highest BCUT2D eigenvalue weighted by Crippen LogP contribution is 2.30. The molecule has 0 N–H and O–H groups in total. The van der Waals surface area contributed by atoms with Gasteiger partial charge in [-0.3, -0.25) is 4.79 Å². The summed E-state index contributed by atoms with van der Waals surface area (Å²) in [5, 5.41) is 4.41. The molecule has 29 heavy (non-hydrogen) atoms. The van der Waals surface area contributed by atoms with E-state index in [4.69, 9.17) is 4.74 Å². The minimum atomic E-state index is -0.295. The maximum Gasteiger partial charge on any atom is 0.257 e. The maximum absolute atomic E-state index is 13.2. The zero-order chi connectivity index (χ0) is 20.4. The van der Waals surface area contributed by atoms with Crippen LogP contribution < -0.4 is 4.74 Å². The molecule has 4 rings (SSSR count). The van der Waals surface area contributed by atoms with Crippen LogP contribution in [0.2, 0.25) is 0 Å². The van der Waals surface area contributed by atoms with Crippen molar-refractivity contribution >= 4 is 5.91 Å². The molecular weight excluding hydrogens is 369 g/mol. The summed E-state index contributed by atoms with van der Waals surface area (Å²) in [7, 11) is 1.66. The third-order valence-electron chi connectivity index (χ3n) is 5.57. The van der Waals surface area contributed by atoms with Crippen LogP contribution in [0.4, 0.5) is 4.39 Å². The largest absolute Gasteiger partial charge is 0.497 e. The lowest BCUT2D eigenvalue weighted by molar-refractivity contribution is 0.0789. The molecule has 6 heteroatoms. The Bertz CT molecular complexity index is 996. The van der Waals surface area contributed by atoms with Gasteiger partial charge in [0.15, 0.2) is 0 Å². The number of rotatable bonds is 5. The third-order valence-corrected chi connectivity index (χ3v) is 5.57. The number of methoxy groups -OCH3 is 1. The van der Waals surface area contributed by atoms with Gasteiger partial charge in [0.25, 0.3) is 5.91 Å². The van der Waals surface area contributed by atoms with Crippen LogP contribution in [-0.4, -0.2) is 40.8 Å². The minimum absolute atomic E-state index is 0.00576. The summed E-state index contributed by atoms with van der Waals surface area (Å²) in [6.45, 7) is 3.41. The molecule has 0 radical (unpaired) electrons. The van der Waals surface area contributed by atoms with Crippen molar-refractivity contribution < 1.29 is 13.9 Å². The van der Waals surface area contributed by atoms with Gasteiger partial charge in [0.1, 0.15) is 11.6 Å². The first-order valence-corrected chi connectivity index (χ1v) is 9.86. The molecule has 1 amide bonds. The summed E-state index contributed by atoms with van der Waals surface area (Å²) in [5.74, 6) is 0.866. The Hall–Kier alpha value is -3.15. The molecule has 1 unspecified atom stereocenters. The number of nitrogens with zero attached hydrogens (tertiary/aromatic N) is 3. The summed E-state index contributed by atoms with van der Waals surface area (Å²) < 4.78 is 20.2. The maximum atomic E-state index is 13.2. The number of ether oxygens (including phenoxy) is 1. The van der Waals surface area contributed by atoms with E-state index in [1.54, 1.807) is 30.1 Å². The van der Waals surface area contributed by atoms with Crippen molar-refractivity contribution in [3.8, 4) is 11.4 Å². The highest BCUT2D eigenvalue weighted by molar-refractivity contribution is 5.95. The Morgan fingerprint density at radius 1 is 1.17 bits per heavy atom. The summed E-state index contributed by atoms with van der Waals surface area (Å²) >= 11 is 0. The fraction of sp³-hybridized carbons (Fsp3) is 0.304. The molecule has 150 valence electrons. The summed E-state index contributed by atoms with van der Waals surface area (Å²) in [5.41, 5.74) is 3.43. The van der Waals surface area contributed by atoms with Crippen LogP contribution in [0.25, 0.3) is 5.69 Å². The first kappa shape index (κ1) is 19.2. The third kappa shape index (κ3) is 3.75. The Morgan fingerprint density at radius 3 is 2.55 bits per heavy atom. The van der Waals surface area contributed by atoms with Crippen LogP contribution in [-0.2, 0) is 6.42 Å². The lowest BCUT2D eigenvalue weighted by Crippen LogP contribution is -2.29. The summed E-state index contributed by atoms with van der Waals surface area (Å²) in [6, 6.07) is 14.2. The number of carbonyl (C=O) groups excluding carboxylic acids is 1. The predicted molar refractivity (Wildman–Crippen MR) is 109 cm³/mol. The zero-order valence-electron chi connectivity index (χ0n) is 16.6. The first-order chi connectivity index (χ1) is 14.1. The normalized spacial score (nSPS) is 16.2. The number of benzene rings is 2. The molecule has 2 heterocycles. The summed E-state index contributed by atoms with van der Waals surface area (Å²) in [6.07, 6.45) is 3.23. The monoisotopic (exact) mass is 393 g/mol. The van der Waals surface area contributed by atoms with Crippen LogP contribution in [0.15, 0.2) is 54.7 Å². The van der Waals surface area contributed by atoms with Gasteiger partial charge in [0.05, 0.1) is 30.3 Å². The van der Waals surface area contributed by atoms with E-state index in [1.165, 1.54) is 17.7 Å². The van der Waals surface area contributed by atoms with E-state index < -0.39 is 0 Å². The molecule has 1 fully saturated rings. The SMILES string of the molecule is CCc1c(C(=O)N2CCC(c3ccc(OC)cc3)C2)cnn1-c1ccc(F)cc1. The Balaban J connectivity index is 1.53. The topological polar surface area (TPSA) is 47.4 Å². The number of hydrogen-bond acceptors (Lipinski definition) is 3. The van der Waals surface area contributed by atoms with Gasteiger partial charge in [0.2, 0.25) is 0 Å². The molecule has 1 saturated heterocycles. The van der Waals surface area contributed by atoms with Crippen LogP contribution in [0.3, 0.4) is 0 Å². The van der Waals surface area contributed by atoms with Gasteiger partial charge in [-0.05, 0) is 54.8 Å². The molecule has 1 aliphatic rings. The number of likely N-dealkylation sites (tertiary alicyclic amines) is 1. The van der Waals surface area contributed by atoms with Crippen molar-refractivity contribution in [3.63, 3.8) is 0 Å². The Labute approximate surface area is 169 Å². The number of amides is 1. The molecular formula is C23H24FN3O2. The number of hydrogen-bond donors (Lipinski definition) is 0. The van der Waals surface area contributed by atoms with Crippen molar-refractivity contribution in [2.24, 2.45) is 0 Å². The molecule has 1 atom stereocenters. The van der Waals surface area contributed by atoms with E-state index >= 15 is 0 Å². The van der Waals surface area contributed by atoms with Crippen molar-refractivity contribution in [2.45, 2.75) is 25.7 Å². The van der Waals surface area contributed by atoms with Crippen LogP contribution in [0, 0.1) is 5.82 Å². The lowest BCUT2D eigenvalue weighted by Gasteiger charge is -2.17. The van der Waals surface area contributed by atoms with Gasteiger partial charge in [-0.25, -0.2) is 9.07 Å². The minimum Gasteiger partial charge on any atom is -0.497 e. The highest BCUT2D eigenvalue weighted by Gasteiger charge is 2.30. The van der Waals surface area contributed by atoms with Crippen molar-refractivity contribution in [1.29, 1.82) is 0 Å². The standard InChI is InChI=1S/C23H24FN3O2/c1-3-22-21(14-25-27(22)19-8-6-18(24)7-9-19)23(28)26-13-12-17(15-26)16-4-10-20(29-2)11-5-16/h4-11,14,17H,3,12-13,15H2,1-2H3. The van der Waals surface area contributed by atoms with E-state index in [9.17, 15) is 9.18 Å². The second-order valence-electron chi connectivity index (χ2n) is 7.26.